The lowest BCUT2D eigenvalue weighted by Crippen LogP contribution is -2.51. The number of nitrogens with two attached hydrogens (primary N) is 2. The zero-order chi connectivity index (χ0) is 14.5. The molecule has 0 saturated heterocycles. The third-order valence-electron chi connectivity index (χ3n) is 2.06. The second-order valence-electron chi connectivity index (χ2n) is 4.60. The molecule has 0 fully saturated rings. The zero-order valence-electron chi connectivity index (χ0n) is 10.3. The molecule has 7 nitrogen and oxygen atoms in total. The Morgan fingerprint density at radius 2 is 1.89 bits per heavy atom. The lowest BCUT2D eigenvalue weighted by molar-refractivity contribution is -0.143. The highest BCUT2D eigenvalue weighted by Crippen LogP contribution is 2.16. The summed E-state index contributed by atoms with van der Waals surface area (Å²) in [7, 11) is 0. The van der Waals surface area contributed by atoms with Crippen molar-refractivity contribution >= 4 is 17.8 Å². The number of alkyl halides is 1. The first kappa shape index (κ1) is 16.3. The van der Waals surface area contributed by atoms with Gasteiger partial charge in [-0.05, 0) is 13.8 Å². The van der Waals surface area contributed by atoms with Gasteiger partial charge in [0, 0.05) is 6.42 Å². The molecule has 2 atom stereocenters. The second-order valence-corrected chi connectivity index (χ2v) is 4.60. The van der Waals surface area contributed by atoms with Gasteiger partial charge in [-0.2, -0.15) is 0 Å². The Morgan fingerprint density at radius 3 is 2.22 bits per heavy atom. The molecule has 0 rings (SSSR count). The summed E-state index contributed by atoms with van der Waals surface area (Å²) in [4.78, 5) is 32.8. The number of carboxylic acids is 1. The summed E-state index contributed by atoms with van der Waals surface area (Å²) in [5.74, 6) is -3.01. The monoisotopic (exact) mass is 263 g/mol. The molecule has 2 amide bonds. The van der Waals surface area contributed by atoms with E-state index >= 15 is 0 Å². The van der Waals surface area contributed by atoms with Crippen LogP contribution in [0.3, 0.4) is 0 Å². The van der Waals surface area contributed by atoms with Gasteiger partial charge in [0.2, 0.25) is 11.8 Å². The first-order chi connectivity index (χ1) is 8.03. The van der Waals surface area contributed by atoms with Crippen LogP contribution in [0.25, 0.3) is 0 Å². The van der Waals surface area contributed by atoms with Gasteiger partial charge in [-0.15, -0.1) is 0 Å². The van der Waals surface area contributed by atoms with Crippen molar-refractivity contribution in [1.82, 2.24) is 5.32 Å². The summed E-state index contributed by atoms with van der Waals surface area (Å²) in [6, 6.07) is -2.65. The molecular formula is C10H18FN3O4. The summed E-state index contributed by atoms with van der Waals surface area (Å²) < 4.78 is 13.3. The molecule has 0 radical (unpaired) electrons. The van der Waals surface area contributed by atoms with Gasteiger partial charge in [0.25, 0.3) is 0 Å². The predicted octanol–water partition coefficient (Wildman–Crippen LogP) is -1.10. The lowest BCUT2D eigenvalue weighted by atomic mass is 10.0. The Bertz CT molecular complexity index is 341. The number of carbonyl (C=O) groups is 3. The number of aliphatic carboxylic acids is 1. The quantitative estimate of drug-likeness (QED) is 0.462. The molecule has 0 aromatic rings. The highest BCUT2D eigenvalue weighted by Gasteiger charge is 2.30. The maximum atomic E-state index is 13.3. The number of primary amides is 1. The van der Waals surface area contributed by atoms with Crippen LogP contribution < -0.4 is 16.8 Å². The van der Waals surface area contributed by atoms with Crippen LogP contribution >= 0.6 is 0 Å². The minimum Gasteiger partial charge on any atom is -0.480 e. The summed E-state index contributed by atoms with van der Waals surface area (Å²) in [5, 5.41) is 10.9. The van der Waals surface area contributed by atoms with E-state index in [2.05, 4.69) is 5.32 Å². The highest BCUT2D eigenvalue weighted by molar-refractivity contribution is 5.90. The fraction of sp³-hybridized carbons (Fsp3) is 0.700. The van der Waals surface area contributed by atoms with Crippen LogP contribution in [-0.2, 0) is 14.4 Å². The molecule has 0 bridgehead atoms. The largest absolute Gasteiger partial charge is 0.480 e. The maximum Gasteiger partial charge on any atom is 0.326 e. The normalized spacial score (nSPS) is 14.7. The van der Waals surface area contributed by atoms with E-state index in [1.807, 2.05) is 0 Å². The van der Waals surface area contributed by atoms with E-state index in [1.165, 1.54) is 13.8 Å². The van der Waals surface area contributed by atoms with E-state index in [1.54, 1.807) is 0 Å². The van der Waals surface area contributed by atoms with Crippen LogP contribution in [0.2, 0.25) is 0 Å². The Kier molecular flexibility index (Phi) is 5.70. The van der Waals surface area contributed by atoms with Crippen LogP contribution in [0.1, 0.15) is 26.7 Å². The molecule has 0 aliphatic carbocycles. The van der Waals surface area contributed by atoms with Gasteiger partial charge in [-0.3, -0.25) is 9.59 Å². The SMILES string of the molecule is CC(C)(F)C[C@H](NC(=O)[C@@H](N)CC(N)=O)C(=O)O. The summed E-state index contributed by atoms with van der Waals surface area (Å²) in [6.07, 6.45) is -0.811. The van der Waals surface area contributed by atoms with Crippen molar-refractivity contribution in [2.75, 3.05) is 0 Å². The number of halogens is 1. The third-order valence-corrected chi connectivity index (χ3v) is 2.06. The van der Waals surface area contributed by atoms with Gasteiger partial charge >= 0.3 is 5.97 Å². The van der Waals surface area contributed by atoms with E-state index in [4.69, 9.17) is 16.6 Å². The van der Waals surface area contributed by atoms with Crippen LogP contribution in [0.4, 0.5) is 4.39 Å². The van der Waals surface area contributed by atoms with E-state index in [-0.39, 0.29) is 0 Å². The molecule has 18 heavy (non-hydrogen) atoms. The highest BCUT2D eigenvalue weighted by atomic mass is 19.1. The standard InChI is InChI=1S/C10H18FN3O4/c1-10(2,11)4-6(9(17)18)14-8(16)5(12)3-7(13)15/h5-6H,3-4,12H2,1-2H3,(H2,13,15)(H,14,16)(H,17,18)/t5-,6-/m0/s1. The number of hydrogen-bond donors (Lipinski definition) is 4. The Labute approximate surface area is 104 Å². The zero-order valence-corrected chi connectivity index (χ0v) is 10.3. The molecular weight excluding hydrogens is 245 g/mol. The van der Waals surface area contributed by atoms with Crippen molar-refractivity contribution in [2.45, 2.75) is 44.4 Å². The van der Waals surface area contributed by atoms with Crippen LogP contribution in [-0.4, -0.2) is 40.6 Å². The van der Waals surface area contributed by atoms with Gasteiger partial charge in [-0.1, -0.05) is 0 Å². The summed E-state index contributed by atoms with van der Waals surface area (Å²) in [5.41, 5.74) is 8.42. The predicted molar refractivity (Wildman–Crippen MR) is 61.2 cm³/mol. The van der Waals surface area contributed by atoms with Gasteiger partial charge in [0.05, 0.1) is 12.5 Å². The van der Waals surface area contributed by atoms with Crippen molar-refractivity contribution in [3.8, 4) is 0 Å². The average molecular weight is 263 g/mol. The summed E-state index contributed by atoms with van der Waals surface area (Å²) in [6.45, 7) is 2.39. The first-order valence-electron chi connectivity index (χ1n) is 5.29. The number of amides is 2. The lowest BCUT2D eigenvalue weighted by Gasteiger charge is -2.22. The fourth-order valence-corrected chi connectivity index (χ4v) is 1.27. The molecule has 0 heterocycles. The van der Waals surface area contributed by atoms with E-state index in [0.29, 0.717) is 0 Å². The van der Waals surface area contributed by atoms with E-state index in [0.717, 1.165) is 0 Å². The molecule has 104 valence electrons. The van der Waals surface area contributed by atoms with Crippen molar-refractivity contribution in [3.05, 3.63) is 0 Å². The molecule has 0 aromatic heterocycles. The van der Waals surface area contributed by atoms with Gasteiger partial charge in [-0.25, -0.2) is 9.18 Å². The van der Waals surface area contributed by atoms with Crippen LogP contribution in [0, 0.1) is 0 Å². The van der Waals surface area contributed by atoms with Crippen molar-refractivity contribution in [1.29, 1.82) is 0 Å². The number of rotatable bonds is 7. The minimum absolute atomic E-state index is 0.405. The Morgan fingerprint density at radius 1 is 1.39 bits per heavy atom. The molecule has 0 unspecified atom stereocenters. The molecule has 0 aliphatic heterocycles. The first-order valence-corrected chi connectivity index (χ1v) is 5.29. The number of carbonyl (C=O) groups excluding carboxylic acids is 2. The Hall–Kier alpha value is -1.70. The minimum atomic E-state index is -1.76. The second kappa shape index (κ2) is 6.29. The molecule has 6 N–H and O–H groups in total. The number of hydrogen-bond acceptors (Lipinski definition) is 4. The van der Waals surface area contributed by atoms with Crippen molar-refractivity contribution in [2.24, 2.45) is 11.5 Å². The molecule has 0 aliphatic rings. The molecule has 0 spiro atoms. The van der Waals surface area contributed by atoms with Gasteiger partial charge in [0.1, 0.15) is 11.7 Å². The van der Waals surface area contributed by atoms with Gasteiger partial charge in [0.15, 0.2) is 0 Å². The van der Waals surface area contributed by atoms with Crippen LogP contribution in [0.5, 0.6) is 0 Å². The Balaban J connectivity index is 4.55. The van der Waals surface area contributed by atoms with E-state index in [9.17, 15) is 18.8 Å². The third kappa shape index (κ3) is 6.79. The van der Waals surface area contributed by atoms with Crippen molar-refractivity contribution < 1.29 is 23.9 Å². The molecule has 0 aromatic carbocycles. The topological polar surface area (TPSA) is 136 Å². The van der Waals surface area contributed by atoms with Crippen molar-refractivity contribution in [3.63, 3.8) is 0 Å². The number of carboxylic acid groups (broad SMARTS) is 1. The number of nitrogens with one attached hydrogen (secondary N) is 1. The van der Waals surface area contributed by atoms with Crippen LogP contribution in [0.15, 0.2) is 0 Å². The average Bonchev–Trinajstić information content (AvgIpc) is 2.12. The van der Waals surface area contributed by atoms with Gasteiger partial charge < -0.3 is 21.9 Å². The summed E-state index contributed by atoms with van der Waals surface area (Å²) >= 11 is 0. The molecule has 0 saturated carbocycles. The molecule has 8 heteroatoms. The maximum absolute atomic E-state index is 13.3. The fourth-order valence-electron chi connectivity index (χ4n) is 1.27. The van der Waals surface area contributed by atoms with E-state index < -0.39 is 48.4 Å². The smallest absolute Gasteiger partial charge is 0.326 e.